The number of pyridine rings is 1. The van der Waals surface area contributed by atoms with Crippen LogP contribution in [0.3, 0.4) is 0 Å². The standard InChI is InChI=1S/C10H14N2O4/c1-2-15-9-8(4-3-5-11-9)12-10(14)16-7-6-13/h3-5,13H,2,6-7H2,1H3,(H,12,14). The lowest BCUT2D eigenvalue weighted by atomic mass is 10.4. The summed E-state index contributed by atoms with van der Waals surface area (Å²) in [5.41, 5.74) is 0.437. The molecule has 0 atom stereocenters. The van der Waals surface area contributed by atoms with E-state index in [2.05, 4.69) is 15.0 Å². The summed E-state index contributed by atoms with van der Waals surface area (Å²) in [6.45, 7) is 2.02. The highest BCUT2D eigenvalue weighted by molar-refractivity contribution is 5.86. The van der Waals surface area contributed by atoms with E-state index in [-0.39, 0.29) is 13.2 Å². The number of aromatic nitrogens is 1. The summed E-state index contributed by atoms with van der Waals surface area (Å²) in [5, 5.41) is 10.9. The molecule has 6 heteroatoms. The summed E-state index contributed by atoms with van der Waals surface area (Å²) >= 11 is 0. The number of rotatable bonds is 5. The van der Waals surface area contributed by atoms with E-state index in [1.807, 2.05) is 6.92 Å². The number of hydrogen-bond acceptors (Lipinski definition) is 5. The molecule has 0 unspecified atom stereocenters. The number of carbonyl (C=O) groups excluding carboxylic acids is 1. The molecule has 0 saturated carbocycles. The Kier molecular flexibility index (Phi) is 5.07. The average molecular weight is 226 g/mol. The first-order valence-electron chi connectivity index (χ1n) is 4.90. The number of anilines is 1. The fourth-order valence-corrected chi connectivity index (χ4v) is 1.02. The van der Waals surface area contributed by atoms with Crippen molar-refractivity contribution in [3.05, 3.63) is 18.3 Å². The molecule has 2 N–H and O–H groups in total. The van der Waals surface area contributed by atoms with Gasteiger partial charge in [-0.15, -0.1) is 0 Å². The Balaban J connectivity index is 2.61. The molecule has 0 aromatic carbocycles. The molecule has 0 aliphatic rings. The van der Waals surface area contributed by atoms with Crippen molar-refractivity contribution >= 4 is 11.8 Å². The Morgan fingerprint density at radius 3 is 3.12 bits per heavy atom. The second-order valence-electron chi connectivity index (χ2n) is 2.77. The maximum absolute atomic E-state index is 11.2. The fourth-order valence-electron chi connectivity index (χ4n) is 1.02. The predicted molar refractivity (Wildman–Crippen MR) is 57.5 cm³/mol. The maximum Gasteiger partial charge on any atom is 0.411 e. The smallest absolute Gasteiger partial charge is 0.411 e. The zero-order chi connectivity index (χ0) is 11.8. The Labute approximate surface area is 93.2 Å². The monoisotopic (exact) mass is 226 g/mol. The van der Waals surface area contributed by atoms with Crippen LogP contribution in [0.4, 0.5) is 10.5 Å². The maximum atomic E-state index is 11.2. The molecule has 0 aliphatic heterocycles. The van der Waals surface area contributed by atoms with Crippen molar-refractivity contribution in [1.29, 1.82) is 0 Å². The molecule has 0 aliphatic carbocycles. The van der Waals surface area contributed by atoms with Crippen LogP contribution in [0, 0.1) is 0 Å². The second-order valence-corrected chi connectivity index (χ2v) is 2.77. The van der Waals surface area contributed by atoms with E-state index < -0.39 is 6.09 Å². The van der Waals surface area contributed by atoms with Crippen molar-refractivity contribution in [2.24, 2.45) is 0 Å². The van der Waals surface area contributed by atoms with Gasteiger partial charge in [-0.1, -0.05) is 0 Å². The highest BCUT2D eigenvalue weighted by atomic mass is 16.6. The fraction of sp³-hybridized carbons (Fsp3) is 0.400. The van der Waals surface area contributed by atoms with Gasteiger partial charge in [0.2, 0.25) is 5.88 Å². The molecule has 0 saturated heterocycles. The summed E-state index contributed by atoms with van der Waals surface area (Å²) in [5.74, 6) is 0.339. The van der Waals surface area contributed by atoms with Gasteiger partial charge in [0.05, 0.1) is 13.2 Å². The van der Waals surface area contributed by atoms with Gasteiger partial charge in [-0.25, -0.2) is 9.78 Å². The second kappa shape index (κ2) is 6.62. The van der Waals surface area contributed by atoms with Gasteiger partial charge in [0.25, 0.3) is 0 Å². The molecule has 6 nitrogen and oxygen atoms in total. The lowest BCUT2D eigenvalue weighted by Crippen LogP contribution is -2.16. The minimum absolute atomic E-state index is 0.0456. The summed E-state index contributed by atoms with van der Waals surface area (Å²) in [6, 6.07) is 3.32. The van der Waals surface area contributed by atoms with Gasteiger partial charge >= 0.3 is 6.09 Å². The minimum atomic E-state index is -0.650. The summed E-state index contributed by atoms with van der Waals surface area (Å²) in [4.78, 5) is 15.2. The third-order valence-electron chi connectivity index (χ3n) is 1.61. The van der Waals surface area contributed by atoms with Gasteiger partial charge in [-0.05, 0) is 19.1 Å². The van der Waals surface area contributed by atoms with Crippen LogP contribution in [0.15, 0.2) is 18.3 Å². The number of hydrogen-bond donors (Lipinski definition) is 2. The van der Waals surface area contributed by atoms with Crippen molar-refractivity contribution in [3.8, 4) is 5.88 Å². The summed E-state index contributed by atoms with van der Waals surface area (Å²) in [6.07, 6.45) is 0.915. The third kappa shape index (κ3) is 3.74. The molecule has 0 spiro atoms. The van der Waals surface area contributed by atoms with Gasteiger partial charge in [0.1, 0.15) is 12.3 Å². The third-order valence-corrected chi connectivity index (χ3v) is 1.61. The number of carbonyl (C=O) groups is 1. The normalized spacial score (nSPS) is 9.62. The quantitative estimate of drug-likeness (QED) is 0.783. The first kappa shape index (κ1) is 12.3. The predicted octanol–water partition coefficient (Wildman–Crippen LogP) is 1.02. The molecule has 16 heavy (non-hydrogen) atoms. The van der Waals surface area contributed by atoms with Gasteiger partial charge in [-0.3, -0.25) is 5.32 Å². The van der Waals surface area contributed by atoms with Crippen molar-refractivity contribution < 1.29 is 19.4 Å². The zero-order valence-electron chi connectivity index (χ0n) is 8.97. The molecule has 1 rings (SSSR count). The Morgan fingerprint density at radius 1 is 1.62 bits per heavy atom. The largest absolute Gasteiger partial charge is 0.476 e. The Morgan fingerprint density at radius 2 is 2.44 bits per heavy atom. The van der Waals surface area contributed by atoms with Gasteiger partial charge in [0, 0.05) is 6.20 Å². The number of ether oxygens (including phenoxy) is 2. The van der Waals surface area contributed by atoms with Crippen LogP contribution in [0.1, 0.15) is 6.92 Å². The molecule has 0 fully saturated rings. The molecule has 1 amide bonds. The number of nitrogens with zero attached hydrogens (tertiary/aromatic N) is 1. The van der Waals surface area contributed by atoms with Gasteiger partial charge < -0.3 is 14.6 Å². The van der Waals surface area contributed by atoms with Gasteiger partial charge in [-0.2, -0.15) is 0 Å². The molecule has 0 bridgehead atoms. The highest BCUT2D eigenvalue weighted by Crippen LogP contribution is 2.20. The first-order chi connectivity index (χ1) is 7.77. The van der Waals surface area contributed by atoms with Crippen LogP contribution < -0.4 is 10.1 Å². The lowest BCUT2D eigenvalue weighted by Gasteiger charge is -2.09. The average Bonchev–Trinajstić information content (AvgIpc) is 2.29. The molecule has 1 heterocycles. The van der Waals surface area contributed by atoms with Crippen LogP contribution in [0.25, 0.3) is 0 Å². The van der Waals surface area contributed by atoms with E-state index in [9.17, 15) is 4.79 Å². The summed E-state index contributed by atoms with van der Waals surface area (Å²) in [7, 11) is 0. The molecule has 1 aromatic rings. The Hall–Kier alpha value is -1.82. The van der Waals surface area contributed by atoms with Gasteiger partial charge in [0.15, 0.2) is 0 Å². The first-order valence-corrected chi connectivity index (χ1v) is 4.90. The highest BCUT2D eigenvalue weighted by Gasteiger charge is 2.08. The molecule has 1 aromatic heterocycles. The van der Waals surface area contributed by atoms with Crippen molar-refractivity contribution in [2.45, 2.75) is 6.92 Å². The SMILES string of the molecule is CCOc1ncccc1NC(=O)OCCO. The molecular weight excluding hydrogens is 212 g/mol. The van der Waals surface area contributed by atoms with Crippen LogP contribution in [0.2, 0.25) is 0 Å². The summed E-state index contributed by atoms with van der Waals surface area (Å²) < 4.78 is 9.86. The van der Waals surface area contributed by atoms with Crippen LogP contribution in [-0.2, 0) is 4.74 Å². The minimum Gasteiger partial charge on any atom is -0.476 e. The Bertz CT molecular complexity index is 343. The topological polar surface area (TPSA) is 80.7 Å². The number of aliphatic hydroxyl groups is 1. The van der Waals surface area contributed by atoms with Crippen LogP contribution in [-0.4, -0.2) is 36.0 Å². The lowest BCUT2D eigenvalue weighted by molar-refractivity contribution is 0.131. The molecular formula is C10H14N2O4. The number of nitrogens with one attached hydrogen (secondary N) is 1. The van der Waals surface area contributed by atoms with Crippen molar-refractivity contribution in [1.82, 2.24) is 4.98 Å². The van der Waals surface area contributed by atoms with E-state index in [0.29, 0.717) is 18.2 Å². The molecule has 0 radical (unpaired) electrons. The van der Waals surface area contributed by atoms with E-state index in [1.54, 1.807) is 18.3 Å². The van der Waals surface area contributed by atoms with E-state index in [1.165, 1.54) is 0 Å². The van der Waals surface area contributed by atoms with Crippen molar-refractivity contribution in [2.75, 3.05) is 25.1 Å². The van der Waals surface area contributed by atoms with Crippen LogP contribution >= 0.6 is 0 Å². The van der Waals surface area contributed by atoms with Crippen molar-refractivity contribution in [3.63, 3.8) is 0 Å². The number of amides is 1. The molecule has 88 valence electrons. The zero-order valence-corrected chi connectivity index (χ0v) is 8.97. The number of aliphatic hydroxyl groups excluding tert-OH is 1. The van der Waals surface area contributed by atoms with E-state index >= 15 is 0 Å². The van der Waals surface area contributed by atoms with E-state index in [0.717, 1.165) is 0 Å². The van der Waals surface area contributed by atoms with E-state index in [4.69, 9.17) is 9.84 Å². The van der Waals surface area contributed by atoms with Crippen LogP contribution in [0.5, 0.6) is 5.88 Å².